The summed E-state index contributed by atoms with van der Waals surface area (Å²) in [7, 11) is 7.29. The highest BCUT2D eigenvalue weighted by Crippen LogP contribution is 2.40. The van der Waals surface area contributed by atoms with E-state index in [1.165, 1.54) is 21.3 Å². The topological polar surface area (TPSA) is 92.7 Å². The number of methoxy groups -OCH3 is 5. The third-order valence-corrected chi connectivity index (χ3v) is 5.92. The average molecular weight is 499 g/mol. The average Bonchev–Trinajstić information content (AvgIpc) is 3.44. The van der Waals surface area contributed by atoms with Gasteiger partial charge in [-0.2, -0.15) is 0 Å². The quantitative estimate of drug-likeness (QED) is 0.349. The van der Waals surface area contributed by atoms with Crippen molar-refractivity contribution >= 4 is 17.3 Å². The lowest BCUT2D eigenvalue weighted by atomic mass is 10.0. The molecule has 0 bridgehead atoms. The summed E-state index contributed by atoms with van der Waals surface area (Å²) in [5.74, 6) is 7.22. The summed E-state index contributed by atoms with van der Waals surface area (Å²) in [6, 6.07) is 10.7. The van der Waals surface area contributed by atoms with E-state index >= 15 is 0 Å². The second kappa shape index (κ2) is 12.0. The zero-order valence-corrected chi connectivity index (χ0v) is 20.9. The van der Waals surface area contributed by atoms with Crippen LogP contribution in [0.15, 0.2) is 41.8 Å². The fourth-order valence-corrected chi connectivity index (χ4v) is 3.99. The van der Waals surface area contributed by atoms with Crippen LogP contribution in [0.2, 0.25) is 0 Å². The predicted molar refractivity (Wildman–Crippen MR) is 132 cm³/mol. The van der Waals surface area contributed by atoms with Crippen molar-refractivity contribution in [2.75, 3.05) is 42.2 Å². The van der Waals surface area contributed by atoms with E-state index in [-0.39, 0.29) is 23.9 Å². The monoisotopic (exact) mass is 498 g/mol. The maximum absolute atomic E-state index is 11.5. The molecule has 1 heterocycles. The minimum absolute atomic E-state index is 0.210. The molecule has 0 fully saturated rings. The van der Waals surface area contributed by atoms with Crippen molar-refractivity contribution in [3.8, 4) is 51.0 Å². The number of carbonyl (C=O) groups is 1. The van der Waals surface area contributed by atoms with Gasteiger partial charge in [-0.15, -0.1) is 11.3 Å². The molecule has 3 aromatic rings. The molecule has 0 radical (unpaired) electrons. The van der Waals surface area contributed by atoms with Gasteiger partial charge in [-0.3, -0.25) is 0 Å². The highest BCUT2D eigenvalue weighted by Gasteiger charge is 2.19. The second-order valence-electron chi connectivity index (χ2n) is 7.02. The zero-order valence-electron chi connectivity index (χ0n) is 20.0. The molecule has 9 heteroatoms. The highest BCUT2D eigenvalue weighted by atomic mass is 32.1. The Morgan fingerprint density at radius 2 is 1.60 bits per heavy atom. The van der Waals surface area contributed by atoms with Gasteiger partial charge in [-0.1, -0.05) is 17.9 Å². The molecule has 0 aliphatic rings. The first-order valence-corrected chi connectivity index (χ1v) is 11.3. The number of ether oxygens (including phenoxy) is 6. The van der Waals surface area contributed by atoms with Gasteiger partial charge in [0.2, 0.25) is 5.75 Å². The molecule has 2 aromatic carbocycles. The molecular formula is C26H26O8S. The smallest absolute Gasteiger partial charge is 0.343 e. The Kier molecular flexibility index (Phi) is 8.84. The Morgan fingerprint density at radius 3 is 2.14 bits per heavy atom. The van der Waals surface area contributed by atoms with Crippen molar-refractivity contribution < 1.29 is 38.3 Å². The van der Waals surface area contributed by atoms with E-state index in [1.807, 2.05) is 23.6 Å². The Morgan fingerprint density at radius 1 is 0.943 bits per heavy atom. The van der Waals surface area contributed by atoms with E-state index in [4.69, 9.17) is 23.7 Å². The fraction of sp³-hybridized carbons (Fsp3) is 0.269. The number of hydrogen-bond acceptors (Lipinski definition) is 9. The first kappa shape index (κ1) is 25.7. The first-order chi connectivity index (χ1) is 16.9. The van der Waals surface area contributed by atoms with Crippen LogP contribution in [-0.4, -0.2) is 53.2 Å². The minimum Gasteiger partial charge on any atom is -0.496 e. The molecule has 0 aliphatic heterocycles. The van der Waals surface area contributed by atoms with Crippen molar-refractivity contribution in [3.63, 3.8) is 0 Å². The van der Waals surface area contributed by atoms with Crippen LogP contribution in [0.5, 0.6) is 28.7 Å². The van der Waals surface area contributed by atoms with E-state index in [2.05, 4.69) is 16.6 Å². The van der Waals surface area contributed by atoms with Gasteiger partial charge in [0.05, 0.1) is 41.1 Å². The minimum atomic E-state index is -1.18. The van der Waals surface area contributed by atoms with Gasteiger partial charge in [0.1, 0.15) is 17.6 Å². The number of benzene rings is 2. The van der Waals surface area contributed by atoms with Gasteiger partial charge in [0, 0.05) is 22.1 Å². The molecule has 184 valence electrons. The van der Waals surface area contributed by atoms with Gasteiger partial charge >= 0.3 is 5.97 Å². The first-order valence-electron chi connectivity index (χ1n) is 10.4. The van der Waals surface area contributed by atoms with Crippen LogP contribution in [-0.2, 0) is 9.53 Å². The number of hydrogen-bond donors (Lipinski definition) is 1. The van der Waals surface area contributed by atoms with Crippen molar-refractivity contribution in [1.82, 2.24) is 0 Å². The Labute approximate surface area is 207 Å². The van der Waals surface area contributed by atoms with Crippen LogP contribution in [0.1, 0.15) is 17.2 Å². The molecule has 1 N–H and O–H groups in total. The van der Waals surface area contributed by atoms with Crippen LogP contribution >= 0.6 is 11.3 Å². The molecule has 0 saturated heterocycles. The van der Waals surface area contributed by atoms with Crippen LogP contribution in [0.25, 0.3) is 10.4 Å². The molecule has 35 heavy (non-hydrogen) atoms. The number of thiophene rings is 1. The maximum Gasteiger partial charge on any atom is 0.343 e. The van der Waals surface area contributed by atoms with Crippen LogP contribution in [0.3, 0.4) is 0 Å². The molecule has 0 saturated carbocycles. The third-order valence-electron chi connectivity index (χ3n) is 5.01. The van der Waals surface area contributed by atoms with E-state index in [0.717, 1.165) is 10.4 Å². The lowest BCUT2D eigenvalue weighted by molar-refractivity contribution is -0.142. The molecule has 3 rings (SSSR count). The van der Waals surface area contributed by atoms with Gasteiger partial charge in [0.25, 0.3) is 0 Å². The Bertz CT molecular complexity index is 1200. The summed E-state index contributed by atoms with van der Waals surface area (Å²) in [4.78, 5) is 12.5. The molecule has 0 amide bonds. The van der Waals surface area contributed by atoms with Gasteiger partial charge < -0.3 is 33.5 Å². The lowest BCUT2D eigenvalue weighted by Gasteiger charge is -2.16. The summed E-state index contributed by atoms with van der Waals surface area (Å²) >= 11 is 1.58. The number of aliphatic hydroxyl groups is 1. The number of carbonyl (C=O) groups excluding carboxylic acids is 1. The summed E-state index contributed by atoms with van der Waals surface area (Å²) in [6.07, 6.45) is -1.18. The zero-order chi connectivity index (χ0) is 25.4. The van der Waals surface area contributed by atoms with Crippen LogP contribution in [0.4, 0.5) is 0 Å². The summed E-state index contributed by atoms with van der Waals surface area (Å²) in [5.41, 5.74) is 1.88. The largest absolute Gasteiger partial charge is 0.496 e. The van der Waals surface area contributed by atoms with Crippen molar-refractivity contribution in [1.29, 1.82) is 0 Å². The second-order valence-corrected chi connectivity index (χ2v) is 7.97. The van der Waals surface area contributed by atoms with E-state index in [1.54, 1.807) is 43.8 Å². The molecule has 1 aromatic heterocycles. The standard InChI is InChI=1S/C26H26O8S/c1-29-20-14-21(30-2)18(24-7-6-10-35-24)11-16(20)8-9-19(27)17-12-22(31-3)26(23(13-17)32-4)34-15-25(28)33-5/h6-7,10-14,19,27H,15H2,1-5H3. The van der Waals surface area contributed by atoms with Gasteiger partial charge in [-0.25, -0.2) is 4.79 Å². The normalized spacial score (nSPS) is 11.0. The SMILES string of the molecule is COC(=O)COc1c(OC)cc(C(O)C#Cc2cc(-c3cccs3)c(OC)cc2OC)cc1OC. The molecule has 0 spiro atoms. The van der Waals surface area contributed by atoms with Crippen LogP contribution < -0.4 is 23.7 Å². The fourth-order valence-electron chi connectivity index (χ4n) is 3.24. The molecule has 8 nitrogen and oxygen atoms in total. The third kappa shape index (κ3) is 5.98. The number of rotatable bonds is 9. The summed E-state index contributed by atoms with van der Waals surface area (Å²) in [5, 5.41) is 12.8. The predicted octanol–water partition coefficient (Wildman–Crippen LogP) is 4.09. The molecule has 1 atom stereocenters. The summed E-state index contributed by atoms with van der Waals surface area (Å²) in [6.45, 7) is -0.325. The van der Waals surface area contributed by atoms with Gasteiger partial charge in [0.15, 0.2) is 18.1 Å². The molecule has 1 unspecified atom stereocenters. The number of esters is 1. The Balaban J connectivity index is 1.97. The van der Waals surface area contributed by atoms with E-state index in [0.29, 0.717) is 22.6 Å². The van der Waals surface area contributed by atoms with Crippen LogP contribution in [0, 0.1) is 11.8 Å². The molecule has 0 aliphatic carbocycles. The van der Waals surface area contributed by atoms with Crippen molar-refractivity contribution in [3.05, 3.63) is 52.9 Å². The Hall–Kier alpha value is -3.87. The summed E-state index contributed by atoms with van der Waals surface area (Å²) < 4.78 is 31.9. The van der Waals surface area contributed by atoms with E-state index < -0.39 is 12.1 Å². The van der Waals surface area contributed by atoms with Crippen molar-refractivity contribution in [2.24, 2.45) is 0 Å². The van der Waals surface area contributed by atoms with Gasteiger partial charge in [-0.05, 0) is 29.6 Å². The highest BCUT2D eigenvalue weighted by molar-refractivity contribution is 7.13. The number of aliphatic hydroxyl groups excluding tert-OH is 1. The van der Waals surface area contributed by atoms with Crippen molar-refractivity contribution in [2.45, 2.75) is 6.10 Å². The molecular weight excluding hydrogens is 472 g/mol. The lowest BCUT2D eigenvalue weighted by Crippen LogP contribution is -2.13. The van der Waals surface area contributed by atoms with E-state index in [9.17, 15) is 9.90 Å². The maximum atomic E-state index is 11.5.